The fraction of sp³-hybridized carbons (Fsp3) is 0.600. The number of hydrogen-bond donors (Lipinski definition) is 0. The van der Waals surface area contributed by atoms with Crippen LogP contribution in [0.25, 0.3) is 0 Å². The van der Waals surface area contributed by atoms with E-state index in [1.165, 1.54) is 12.8 Å². The molecule has 1 aromatic rings. The second-order valence-electron chi connectivity index (χ2n) is 7.41. The molecule has 2 aliphatic heterocycles. The van der Waals surface area contributed by atoms with Gasteiger partial charge in [0.2, 0.25) is 0 Å². The number of likely N-dealkylation sites (N-methyl/N-ethyl adjacent to an activating group) is 1. The maximum Gasteiger partial charge on any atom is 0.285 e. The maximum atomic E-state index is 13.4. The van der Waals surface area contributed by atoms with Crippen LogP contribution in [-0.4, -0.2) is 42.6 Å². The van der Waals surface area contributed by atoms with Crippen LogP contribution in [0.1, 0.15) is 49.3 Å². The molecule has 2 heterocycles. The third-order valence-corrected chi connectivity index (χ3v) is 6.05. The maximum absolute atomic E-state index is 13.4. The molecule has 1 aromatic carbocycles. The Morgan fingerprint density at radius 2 is 1.83 bits per heavy atom. The fourth-order valence-electron chi connectivity index (χ4n) is 4.85. The van der Waals surface area contributed by atoms with E-state index in [2.05, 4.69) is 13.0 Å². The molecule has 0 saturated carbocycles. The molecule has 2 saturated heterocycles. The molecule has 1 amide bonds. The predicted molar refractivity (Wildman–Crippen MR) is 95.8 cm³/mol. The molecule has 4 nitrogen and oxygen atoms in total. The van der Waals surface area contributed by atoms with Crippen LogP contribution in [0.15, 0.2) is 12.1 Å². The van der Waals surface area contributed by atoms with Crippen molar-refractivity contribution in [3.63, 3.8) is 0 Å². The van der Waals surface area contributed by atoms with Gasteiger partial charge in [0.1, 0.15) is 0 Å². The van der Waals surface area contributed by atoms with Gasteiger partial charge in [-0.3, -0.25) is 4.79 Å². The summed E-state index contributed by atoms with van der Waals surface area (Å²) < 4.78 is 0.976. The summed E-state index contributed by atoms with van der Waals surface area (Å²) in [6.45, 7) is 10.4. The van der Waals surface area contributed by atoms with Crippen LogP contribution in [0.2, 0.25) is 0 Å². The molecule has 1 atom stereocenters. The molecule has 24 heavy (non-hydrogen) atoms. The molecule has 0 spiro atoms. The van der Waals surface area contributed by atoms with E-state index in [0.29, 0.717) is 11.5 Å². The number of nitriles is 1. The lowest BCUT2D eigenvalue weighted by molar-refractivity contribution is -0.930. The highest BCUT2D eigenvalue weighted by molar-refractivity contribution is 5.98. The Hall–Kier alpha value is -1.86. The lowest BCUT2D eigenvalue weighted by Gasteiger charge is -2.44. The van der Waals surface area contributed by atoms with Crippen molar-refractivity contribution < 1.29 is 9.28 Å². The number of likely N-dealkylation sites (tertiary alicyclic amines) is 1. The lowest BCUT2D eigenvalue weighted by atomic mass is 9.96. The molecule has 0 bridgehead atoms. The van der Waals surface area contributed by atoms with Crippen LogP contribution in [0.5, 0.6) is 0 Å². The summed E-state index contributed by atoms with van der Waals surface area (Å²) in [5.41, 5.74) is 3.76. The van der Waals surface area contributed by atoms with E-state index in [-0.39, 0.29) is 6.04 Å². The van der Waals surface area contributed by atoms with E-state index in [0.717, 1.165) is 60.3 Å². The topological polar surface area (TPSA) is 44.1 Å². The molecular formula is C20H28N3O+. The van der Waals surface area contributed by atoms with Crippen molar-refractivity contribution in [3.05, 3.63) is 28.8 Å². The second-order valence-corrected chi connectivity index (χ2v) is 7.41. The number of aryl methyl sites for hydroxylation is 2. The van der Waals surface area contributed by atoms with E-state index in [1.807, 2.05) is 30.9 Å². The zero-order valence-electron chi connectivity index (χ0n) is 15.1. The van der Waals surface area contributed by atoms with Crippen LogP contribution in [0, 0.1) is 25.2 Å². The number of quaternary nitrogens is 1. The van der Waals surface area contributed by atoms with Gasteiger partial charge in [-0.1, -0.05) is 0 Å². The number of carbonyl (C=O) groups is 1. The summed E-state index contributed by atoms with van der Waals surface area (Å²) in [4.78, 5) is 15.4. The Balaban J connectivity index is 1.96. The largest absolute Gasteiger partial charge is 0.314 e. The Morgan fingerprint density at radius 3 is 2.38 bits per heavy atom. The lowest BCUT2D eigenvalue weighted by Crippen LogP contribution is -2.62. The summed E-state index contributed by atoms with van der Waals surface area (Å²) in [5, 5.41) is 9.16. The predicted octanol–water partition coefficient (Wildman–Crippen LogP) is 3.30. The zero-order valence-corrected chi connectivity index (χ0v) is 15.1. The minimum absolute atomic E-state index is 0.112. The van der Waals surface area contributed by atoms with E-state index >= 15 is 0 Å². The summed E-state index contributed by atoms with van der Waals surface area (Å²) in [6.07, 6.45) is 4.56. The van der Waals surface area contributed by atoms with Crippen LogP contribution >= 0.6 is 0 Å². The number of amides is 1. The molecule has 0 aromatic heterocycles. The highest BCUT2D eigenvalue weighted by Crippen LogP contribution is 2.34. The number of anilines is 1. The third-order valence-electron chi connectivity index (χ3n) is 6.05. The molecule has 0 radical (unpaired) electrons. The Bertz CT molecular complexity index is 660. The van der Waals surface area contributed by atoms with Crippen LogP contribution in [-0.2, 0) is 4.79 Å². The SMILES string of the molecule is CC[N+]1(C2CCCN(c3c(C)cc(C#N)cc3C)C2=O)CCCC1. The van der Waals surface area contributed by atoms with Crippen molar-refractivity contribution in [1.29, 1.82) is 5.26 Å². The van der Waals surface area contributed by atoms with Crippen molar-refractivity contribution in [2.75, 3.05) is 31.1 Å². The van der Waals surface area contributed by atoms with Gasteiger partial charge in [-0.25, -0.2) is 0 Å². The quantitative estimate of drug-likeness (QED) is 0.800. The Labute approximate surface area is 145 Å². The normalized spacial score (nSPS) is 23.3. The van der Waals surface area contributed by atoms with Crippen molar-refractivity contribution in [2.24, 2.45) is 0 Å². The summed E-state index contributed by atoms with van der Waals surface area (Å²) in [6, 6.07) is 6.13. The summed E-state index contributed by atoms with van der Waals surface area (Å²) >= 11 is 0. The average molecular weight is 326 g/mol. The number of nitrogens with zero attached hydrogens (tertiary/aromatic N) is 3. The summed E-state index contributed by atoms with van der Waals surface area (Å²) in [7, 11) is 0. The van der Waals surface area contributed by atoms with E-state index in [4.69, 9.17) is 5.26 Å². The smallest absolute Gasteiger partial charge is 0.285 e. The van der Waals surface area contributed by atoms with Gasteiger partial charge in [-0.15, -0.1) is 0 Å². The molecule has 0 N–H and O–H groups in total. The minimum atomic E-state index is 0.112. The van der Waals surface area contributed by atoms with Gasteiger partial charge in [-0.05, 0) is 50.5 Å². The molecule has 1 unspecified atom stereocenters. The molecule has 128 valence electrons. The number of piperidine rings is 1. The molecular weight excluding hydrogens is 298 g/mol. The molecule has 3 rings (SSSR count). The van der Waals surface area contributed by atoms with Gasteiger partial charge < -0.3 is 9.38 Å². The molecule has 4 heteroatoms. The van der Waals surface area contributed by atoms with E-state index in [9.17, 15) is 4.79 Å². The first kappa shape index (κ1) is 17.0. The molecule has 2 fully saturated rings. The Morgan fingerprint density at radius 1 is 1.21 bits per heavy atom. The van der Waals surface area contributed by atoms with Gasteiger partial charge in [0, 0.05) is 31.5 Å². The van der Waals surface area contributed by atoms with Gasteiger partial charge in [-0.2, -0.15) is 5.26 Å². The van der Waals surface area contributed by atoms with Crippen molar-refractivity contribution in [1.82, 2.24) is 0 Å². The van der Waals surface area contributed by atoms with Crippen LogP contribution in [0.4, 0.5) is 5.69 Å². The van der Waals surface area contributed by atoms with Crippen LogP contribution in [0.3, 0.4) is 0 Å². The van der Waals surface area contributed by atoms with Crippen molar-refractivity contribution in [3.8, 4) is 6.07 Å². The monoisotopic (exact) mass is 326 g/mol. The first-order valence-electron chi connectivity index (χ1n) is 9.21. The minimum Gasteiger partial charge on any atom is -0.314 e. The fourth-order valence-corrected chi connectivity index (χ4v) is 4.85. The van der Waals surface area contributed by atoms with Gasteiger partial charge >= 0.3 is 0 Å². The zero-order chi connectivity index (χ0) is 17.3. The Kier molecular flexibility index (Phi) is 4.64. The third kappa shape index (κ3) is 2.71. The highest BCUT2D eigenvalue weighted by Gasteiger charge is 2.46. The average Bonchev–Trinajstić information content (AvgIpc) is 3.05. The highest BCUT2D eigenvalue weighted by atomic mass is 16.2. The van der Waals surface area contributed by atoms with Gasteiger partial charge in [0.15, 0.2) is 6.04 Å². The standard InChI is InChI=1S/C20H28N3O/c1-4-23(10-5-6-11-23)18-8-7-9-22(20(18)24)19-15(2)12-17(14-21)13-16(19)3/h12-13,18H,4-11H2,1-3H3/q+1. The molecule has 2 aliphatic rings. The van der Waals surface area contributed by atoms with Crippen molar-refractivity contribution in [2.45, 2.75) is 52.5 Å². The molecule has 0 aliphatic carbocycles. The van der Waals surface area contributed by atoms with Crippen molar-refractivity contribution >= 4 is 11.6 Å². The van der Waals surface area contributed by atoms with Gasteiger partial charge in [0.25, 0.3) is 5.91 Å². The first-order chi connectivity index (χ1) is 11.5. The number of rotatable bonds is 3. The first-order valence-corrected chi connectivity index (χ1v) is 9.21. The van der Waals surface area contributed by atoms with E-state index < -0.39 is 0 Å². The number of carbonyl (C=O) groups excluding carboxylic acids is 1. The van der Waals surface area contributed by atoms with E-state index in [1.54, 1.807) is 0 Å². The summed E-state index contributed by atoms with van der Waals surface area (Å²) in [5.74, 6) is 0.293. The van der Waals surface area contributed by atoms with Gasteiger partial charge in [0.05, 0.1) is 31.3 Å². The second kappa shape index (κ2) is 6.57. The number of hydrogen-bond acceptors (Lipinski definition) is 2. The van der Waals surface area contributed by atoms with Crippen LogP contribution < -0.4 is 4.90 Å². The number of benzene rings is 1.